The minimum absolute atomic E-state index is 0.356. The highest BCUT2D eigenvalue weighted by atomic mass is 16.3. The van der Waals surface area contributed by atoms with E-state index in [-0.39, 0.29) is 5.91 Å². The number of hydrogen-bond donors (Lipinski definition) is 2. The van der Waals surface area contributed by atoms with Crippen molar-refractivity contribution >= 4 is 17.8 Å². The zero-order valence-corrected chi connectivity index (χ0v) is 8.96. The number of nitrogens with two attached hydrogens (primary N) is 1. The SMILES string of the molecule is Nc1ccccc1C(=O)NN=Cc1ccco1. The van der Waals surface area contributed by atoms with Crippen molar-refractivity contribution in [2.45, 2.75) is 0 Å². The van der Waals surface area contributed by atoms with E-state index in [1.165, 1.54) is 12.5 Å². The fourth-order valence-electron chi connectivity index (χ4n) is 1.28. The standard InChI is InChI=1S/C12H11N3O2/c13-11-6-2-1-5-10(11)12(16)15-14-8-9-4-3-7-17-9/h1-8H,13H2,(H,15,16). The molecular weight excluding hydrogens is 218 g/mol. The number of carbonyl (C=O) groups excluding carboxylic acids is 1. The summed E-state index contributed by atoms with van der Waals surface area (Å²) in [5.41, 5.74) is 8.83. The fourth-order valence-corrected chi connectivity index (χ4v) is 1.28. The summed E-state index contributed by atoms with van der Waals surface area (Å²) in [4.78, 5) is 11.7. The molecule has 1 heterocycles. The quantitative estimate of drug-likeness (QED) is 0.476. The van der Waals surface area contributed by atoms with Gasteiger partial charge >= 0.3 is 0 Å². The molecule has 0 radical (unpaired) electrons. The van der Waals surface area contributed by atoms with Gasteiger partial charge in [0.15, 0.2) is 0 Å². The van der Waals surface area contributed by atoms with Gasteiger partial charge < -0.3 is 10.2 Å². The zero-order chi connectivity index (χ0) is 12.1. The maximum atomic E-state index is 11.7. The molecule has 1 aromatic heterocycles. The number of hydrogen-bond acceptors (Lipinski definition) is 4. The maximum absolute atomic E-state index is 11.7. The van der Waals surface area contributed by atoms with Gasteiger partial charge in [-0.05, 0) is 24.3 Å². The van der Waals surface area contributed by atoms with Crippen LogP contribution in [0.1, 0.15) is 16.1 Å². The highest BCUT2D eigenvalue weighted by molar-refractivity contribution is 5.99. The van der Waals surface area contributed by atoms with Crippen LogP contribution in [0.5, 0.6) is 0 Å². The molecule has 2 aromatic rings. The van der Waals surface area contributed by atoms with Gasteiger partial charge in [-0.25, -0.2) is 5.43 Å². The molecule has 1 aromatic carbocycles. The van der Waals surface area contributed by atoms with Gasteiger partial charge in [0.05, 0.1) is 18.0 Å². The molecule has 0 unspecified atom stereocenters. The van der Waals surface area contributed by atoms with Crippen LogP contribution in [0.25, 0.3) is 0 Å². The Kier molecular flexibility index (Phi) is 3.20. The van der Waals surface area contributed by atoms with E-state index in [4.69, 9.17) is 10.2 Å². The Bertz CT molecular complexity index is 532. The topological polar surface area (TPSA) is 80.6 Å². The lowest BCUT2D eigenvalue weighted by atomic mass is 10.2. The predicted octanol–water partition coefficient (Wildman–Crippen LogP) is 1.63. The summed E-state index contributed by atoms with van der Waals surface area (Å²) in [6.07, 6.45) is 2.94. The number of hydrazone groups is 1. The van der Waals surface area contributed by atoms with Crippen molar-refractivity contribution in [3.8, 4) is 0 Å². The monoisotopic (exact) mass is 229 g/mol. The average Bonchev–Trinajstić information content (AvgIpc) is 2.82. The van der Waals surface area contributed by atoms with Crippen molar-refractivity contribution in [3.05, 3.63) is 54.0 Å². The van der Waals surface area contributed by atoms with Crippen LogP contribution in [0.4, 0.5) is 5.69 Å². The van der Waals surface area contributed by atoms with Crippen molar-refractivity contribution < 1.29 is 9.21 Å². The number of para-hydroxylation sites is 1. The number of amides is 1. The molecule has 0 saturated heterocycles. The Labute approximate surface area is 97.9 Å². The van der Waals surface area contributed by atoms with Gasteiger partial charge in [-0.2, -0.15) is 5.10 Å². The van der Waals surface area contributed by atoms with Crippen LogP contribution >= 0.6 is 0 Å². The Hall–Kier alpha value is -2.56. The maximum Gasteiger partial charge on any atom is 0.273 e. The van der Waals surface area contributed by atoms with Gasteiger partial charge in [-0.15, -0.1) is 0 Å². The van der Waals surface area contributed by atoms with Crippen molar-refractivity contribution in [1.82, 2.24) is 5.43 Å². The smallest absolute Gasteiger partial charge is 0.273 e. The molecule has 2 rings (SSSR count). The van der Waals surface area contributed by atoms with E-state index < -0.39 is 0 Å². The normalized spacial score (nSPS) is 10.6. The van der Waals surface area contributed by atoms with Gasteiger partial charge in [-0.1, -0.05) is 12.1 Å². The van der Waals surface area contributed by atoms with E-state index in [0.717, 1.165) is 0 Å². The number of carbonyl (C=O) groups is 1. The molecule has 0 fully saturated rings. The molecule has 5 nitrogen and oxygen atoms in total. The first-order valence-electron chi connectivity index (χ1n) is 4.99. The van der Waals surface area contributed by atoms with Crippen LogP contribution in [0.3, 0.4) is 0 Å². The van der Waals surface area contributed by atoms with Gasteiger partial charge in [0.2, 0.25) is 0 Å². The van der Waals surface area contributed by atoms with Crippen LogP contribution < -0.4 is 11.2 Å². The highest BCUT2D eigenvalue weighted by Gasteiger charge is 2.06. The van der Waals surface area contributed by atoms with Gasteiger partial charge in [0, 0.05) is 5.69 Å². The number of anilines is 1. The Morgan fingerprint density at radius 2 is 2.12 bits per heavy atom. The summed E-state index contributed by atoms with van der Waals surface area (Å²) in [6, 6.07) is 10.3. The molecule has 0 aliphatic carbocycles. The average molecular weight is 229 g/mol. The van der Waals surface area contributed by atoms with E-state index >= 15 is 0 Å². The number of rotatable bonds is 3. The minimum Gasteiger partial charge on any atom is -0.463 e. The van der Waals surface area contributed by atoms with E-state index in [1.807, 2.05) is 0 Å². The number of furan rings is 1. The molecule has 0 aliphatic heterocycles. The molecule has 0 bridgehead atoms. The van der Waals surface area contributed by atoms with Crippen molar-refractivity contribution in [3.63, 3.8) is 0 Å². The van der Waals surface area contributed by atoms with Crippen LogP contribution in [0.15, 0.2) is 52.2 Å². The largest absolute Gasteiger partial charge is 0.463 e. The summed E-state index contributed by atoms with van der Waals surface area (Å²) in [7, 11) is 0. The molecule has 0 aliphatic rings. The van der Waals surface area contributed by atoms with Crippen LogP contribution in [0, 0.1) is 0 Å². The van der Waals surface area contributed by atoms with Crippen LogP contribution in [-0.4, -0.2) is 12.1 Å². The number of nitrogens with zero attached hydrogens (tertiary/aromatic N) is 1. The van der Waals surface area contributed by atoms with E-state index in [1.54, 1.807) is 36.4 Å². The molecule has 0 spiro atoms. The third-order valence-corrected chi connectivity index (χ3v) is 2.11. The van der Waals surface area contributed by atoms with Crippen molar-refractivity contribution in [2.24, 2.45) is 5.10 Å². The first-order chi connectivity index (χ1) is 8.27. The lowest BCUT2D eigenvalue weighted by Gasteiger charge is -2.02. The van der Waals surface area contributed by atoms with Crippen LogP contribution in [-0.2, 0) is 0 Å². The lowest BCUT2D eigenvalue weighted by Crippen LogP contribution is -2.18. The Morgan fingerprint density at radius 3 is 2.82 bits per heavy atom. The second kappa shape index (κ2) is 4.98. The number of nitrogens with one attached hydrogen (secondary N) is 1. The molecule has 1 amide bonds. The van der Waals surface area contributed by atoms with E-state index in [0.29, 0.717) is 17.0 Å². The van der Waals surface area contributed by atoms with Gasteiger partial charge in [0.1, 0.15) is 5.76 Å². The number of benzene rings is 1. The Balaban J connectivity index is 2.01. The van der Waals surface area contributed by atoms with Gasteiger partial charge in [-0.3, -0.25) is 4.79 Å². The first-order valence-corrected chi connectivity index (χ1v) is 4.99. The molecule has 3 N–H and O–H groups in total. The molecule has 5 heteroatoms. The van der Waals surface area contributed by atoms with Gasteiger partial charge in [0.25, 0.3) is 5.91 Å². The van der Waals surface area contributed by atoms with E-state index in [2.05, 4.69) is 10.5 Å². The zero-order valence-electron chi connectivity index (χ0n) is 8.96. The number of nitrogen functional groups attached to an aromatic ring is 1. The molecule has 0 atom stereocenters. The third kappa shape index (κ3) is 2.72. The summed E-state index contributed by atoms with van der Waals surface area (Å²) < 4.78 is 5.02. The van der Waals surface area contributed by atoms with Crippen molar-refractivity contribution in [1.29, 1.82) is 0 Å². The summed E-state index contributed by atoms with van der Waals surface area (Å²) in [5.74, 6) is 0.206. The third-order valence-electron chi connectivity index (χ3n) is 2.11. The predicted molar refractivity (Wildman–Crippen MR) is 64.6 cm³/mol. The van der Waals surface area contributed by atoms with Crippen molar-refractivity contribution in [2.75, 3.05) is 5.73 Å². The lowest BCUT2D eigenvalue weighted by molar-refractivity contribution is 0.0956. The highest BCUT2D eigenvalue weighted by Crippen LogP contribution is 2.09. The molecule has 86 valence electrons. The second-order valence-corrected chi connectivity index (χ2v) is 3.30. The summed E-state index contributed by atoms with van der Waals surface area (Å²) >= 11 is 0. The fraction of sp³-hybridized carbons (Fsp3) is 0. The molecule has 17 heavy (non-hydrogen) atoms. The summed E-state index contributed by atoms with van der Waals surface area (Å²) in [6.45, 7) is 0. The molecular formula is C12H11N3O2. The second-order valence-electron chi connectivity index (χ2n) is 3.30. The molecule has 0 saturated carbocycles. The van der Waals surface area contributed by atoms with Crippen LogP contribution in [0.2, 0.25) is 0 Å². The summed E-state index contributed by atoms with van der Waals surface area (Å²) in [5, 5.41) is 3.76. The minimum atomic E-state index is -0.356. The van der Waals surface area contributed by atoms with E-state index in [9.17, 15) is 4.79 Å². The Morgan fingerprint density at radius 1 is 1.29 bits per heavy atom. The first kappa shape index (κ1) is 10.9.